The van der Waals surface area contributed by atoms with Gasteiger partial charge in [-0.1, -0.05) is 35.5 Å². The van der Waals surface area contributed by atoms with Gasteiger partial charge in [0, 0.05) is 10.3 Å². The number of carboxylic acid groups (broad SMARTS) is 1. The number of thioether (sulfide) groups is 1. The molecule has 1 aromatic rings. The molecule has 2 saturated heterocycles. The molecule has 0 spiro atoms. The molecule has 0 bridgehead atoms. The minimum atomic E-state index is -1.07. The van der Waals surface area contributed by atoms with E-state index in [1.54, 1.807) is 44.2 Å². The number of amides is 2. The van der Waals surface area contributed by atoms with Crippen LogP contribution in [0.4, 0.5) is 0 Å². The van der Waals surface area contributed by atoms with Gasteiger partial charge in [-0.15, -0.1) is 11.8 Å². The largest absolute Gasteiger partial charge is 0.480 e. The number of nitrogens with one attached hydrogen (secondary N) is 1. The van der Waals surface area contributed by atoms with Crippen LogP contribution < -0.4 is 5.32 Å². The Labute approximate surface area is 147 Å². The van der Waals surface area contributed by atoms with Gasteiger partial charge in [-0.2, -0.15) is 0 Å². The van der Waals surface area contributed by atoms with E-state index in [1.165, 1.54) is 16.7 Å². The lowest BCUT2D eigenvalue weighted by Crippen LogP contribution is -2.71. The summed E-state index contributed by atoms with van der Waals surface area (Å²) in [4.78, 5) is 37.5. The van der Waals surface area contributed by atoms with Crippen LogP contribution >= 0.6 is 11.8 Å². The van der Waals surface area contributed by atoms with Gasteiger partial charge in [0.25, 0.3) is 5.91 Å². The van der Waals surface area contributed by atoms with Crippen LogP contribution in [0.1, 0.15) is 19.4 Å². The fraction of sp³-hybridized carbons (Fsp3) is 0.375. The van der Waals surface area contributed by atoms with Crippen LogP contribution in [0.2, 0.25) is 0 Å². The van der Waals surface area contributed by atoms with Gasteiger partial charge in [0.05, 0.1) is 0 Å². The highest BCUT2D eigenvalue weighted by Crippen LogP contribution is 2.50. The molecule has 25 heavy (non-hydrogen) atoms. The highest BCUT2D eigenvalue weighted by molar-refractivity contribution is 8.01. The van der Waals surface area contributed by atoms with E-state index < -0.39 is 40.0 Å². The molecule has 1 aromatic carbocycles. The molecule has 2 aliphatic heterocycles. The molecule has 132 valence electrons. The Bertz CT molecular complexity index is 764. The highest BCUT2D eigenvalue weighted by Gasteiger charge is 2.64. The van der Waals surface area contributed by atoms with E-state index in [1.807, 2.05) is 0 Å². The molecule has 2 amide bonds. The Kier molecular flexibility index (Phi) is 4.19. The van der Waals surface area contributed by atoms with Crippen molar-refractivity contribution >= 4 is 35.3 Å². The molecule has 3 N–H and O–H groups in total. The first kappa shape index (κ1) is 17.3. The molecule has 3 atom stereocenters. The topological polar surface area (TPSA) is 119 Å². The van der Waals surface area contributed by atoms with Gasteiger partial charge >= 0.3 is 5.97 Å². The maximum atomic E-state index is 12.4. The summed E-state index contributed by atoms with van der Waals surface area (Å²) < 4.78 is -0.668. The summed E-state index contributed by atoms with van der Waals surface area (Å²) in [6, 6.07) is 6.57. The zero-order valence-electron chi connectivity index (χ0n) is 13.5. The smallest absolute Gasteiger partial charge is 0.327 e. The summed E-state index contributed by atoms with van der Waals surface area (Å²) in [6.45, 7) is 3.51. The zero-order valence-corrected chi connectivity index (χ0v) is 14.4. The van der Waals surface area contributed by atoms with Crippen molar-refractivity contribution in [2.24, 2.45) is 5.16 Å². The van der Waals surface area contributed by atoms with Crippen molar-refractivity contribution in [1.82, 2.24) is 10.2 Å². The number of fused-ring (bicyclic) bond motifs is 1. The maximum absolute atomic E-state index is 12.4. The number of hydrogen-bond acceptors (Lipinski definition) is 6. The molecule has 0 aromatic heterocycles. The maximum Gasteiger partial charge on any atom is 0.327 e. The number of nitrogens with zero attached hydrogens (tertiary/aromatic N) is 2. The highest BCUT2D eigenvalue weighted by atomic mass is 32.2. The molecule has 9 heteroatoms. The minimum absolute atomic E-state index is 0.205. The summed E-state index contributed by atoms with van der Waals surface area (Å²) in [7, 11) is 0. The zero-order chi connectivity index (χ0) is 18.4. The molecule has 3 unspecified atom stereocenters. The van der Waals surface area contributed by atoms with Gasteiger partial charge in [-0.3, -0.25) is 9.59 Å². The van der Waals surface area contributed by atoms with E-state index in [2.05, 4.69) is 10.5 Å². The third-order valence-electron chi connectivity index (χ3n) is 4.32. The van der Waals surface area contributed by atoms with Crippen molar-refractivity contribution in [3.05, 3.63) is 35.9 Å². The number of hydrogen-bond donors (Lipinski definition) is 3. The number of carbonyl (C=O) groups is 3. The van der Waals surface area contributed by atoms with Crippen molar-refractivity contribution in [2.75, 3.05) is 0 Å². The van der Waals surface area contributed by atoms with E-state index in [0.29, 0.717) is 5.56 Å². The van der Waals surface area contributed by atoms with Gasteiger partial charge in [0.2, 0.25) is 5.91 Å². The van der Waals surface area contributed by atoms with Crippen molar-refractivity contribution in [3.8, 4) is 0 Å². The van der Waals surface area contributed by atoms with Crippen LogP contribution in [-0.2, 0) is 14.4 Å². The van der Waals surface area contributed by atoms with Crippen molar-refractivity contribution in [1.29, 1.82) is 0 Å². The molecule has 0 saturated carbocycles. The van der Waals surface area contributed by atoms with E-state index in [9.17, 15) is 19.5 Å². The second-order valence-electron chi connectivity index (χ2n) is 6.36. The lowest BCUT2D eigenvalue weighted by atomic mass is 9.96. The second-order valence-corrected chi connectivity index (χ2v) is 8.13. The summed E-state index contributed by atoms with van der Waals surface area (Å²) >= 11 is 1.33. The molecular formula is C16H17N3O5S. The number of rotatable bonds is 4. The molecule has 2 aliphatic rings. The fourth-order valence-electron chi connectivity index (χ4n) is 3.19. The lowest BCUT2D eigenvalue weighted by Gasteiger charge is -2.43. The van der Waals surface area contributed by atoms with Crippen LogP contribution in [0.15, 0.2) is 35.5 Å². The van der Waals surface area contributed by atoms with Gasteiger partial charge in [0.1, 0.15) is 17.5 Å². The molecule has 8 nitrogen and oxygen atoms in total. The predicted molar refractivity (Wildman–Crippen MR) is 90.4 cm³/mol. The SMILES string of the molecule is CC1(C)SC2C(NC(=O)C(=NO)c3ccccc3)C(=O)N2C1C(=O)O. The first-order chi connectivity index (χ1) is 11.8. The van der Waals surface area contributed by atoms with Crippen molar-refractivity contribution in [2.45, 2.75) is 36.1 Å². The molecule has 0 radical (unpaired) electrons. The second kappa shape index (κ2) is 6.07. The Balaban J connectivity index is 1.76. The van der Waals surface area contributed by atoms with E-state index in [-0.39, 0.29) is 5.71 Å². The normalized spacial score (nSPS) is 27.4. The van der Waals surface area contributed by atoms with E-state index >= 15 is 0 Å². The molecular weight excluding hydrogens is 346 g/mol. The van der Waals surface area contributed by atoms with Crippen molar-refractivity contribution in [3.63, 3.8) is 0 Å². The molecule has 0 aliphatic carbocycles. The Morgan fingerprint density at radius 1 is 1.28 bits per heavy atom. The Hall–Kier alpha value is -2.55. The third-order valence-corrected chi connectivity index (χ3v) is 5.90. The standard InChI is InChI=1S/C16H17N3O5S/c1-16(2)11(15(22)23)19-13(21)10(14(19)25-16)17-12(20)9(18-24)8-6-4-3-5-7-8/h3-7,10-11,14,24H,1-2H3,(H,17,20)(H,22,23). The van der Waals surface area contributed by atoms with Crippen LogP contribution in [0, 0.1) is 0 Å². The molecule has 3 rings (SSSR count). The van der Waals surface area contributed by atoms with Crippen LogP contribution in [-0.4, -0.2) is 60.9 Å². The summed E-state index contributed by atoms with van der Waals surface area (Å²) in [6.07, 6.45) is 0. The van der Waals surface area contributed by atoms with Crippen LogP contribution in [0.3, 0.4) is 0 Å². The Morgan fingerprint density at radius 2 is 1.92 bits per heavy atom. The monoisotopic (exact) mass is 363 g/mol. The first-order valence-corrected chi connectivity index (χ1v) is 8.47. The number of β-lactam (4-membered cyclic amide) rings is 1. The number of oxime groups is 1. The summed E-state index contributed by atoms with van der Waals surface area (Å²) in [5.41, 5.74) is 0.206. The third kappa shape index (κ3) is 2.74. The van der Waals surface area contributed by atoms with Gasteiger partial charge in [-0.25, -0.2) is 4.79 Å². The van der Waals surface area contributed by atoms with Gasteiger partial charge in [-0.05, 0) is 13.8 Å². The van der Waals surface area contributed by atoms with E-state index in [0.717, 1.165) is 0 Å². The average molecular weight is 363 g/mol. The van der Waals surface area contributed by atoms with Crippen molar-refractivity contribution < 1.29 is 24.7 Å². The van der Waals surface area contributed by atoms with E-state index in [4.69, 9.17) is 5.21 Å². The molecule has 2 heterocycles. The number of carbonyl (C=O) groups excluding carboxylic acids is 2. The predicted octanol–water partition coefficient (Wildman–Crippen LogP) is 0.497. The summed E-state index contributed by atoms with van der Waals surface area (Å²) in [5.74, 6) is -2.21. The minimum Gasteiger partial charge on any atom is -0.480 e. The Morgan fingerprint density at radius 3 is 2.48 bits per heavy atom. The number of carboxylic acids is 1. The van der Waals surface area contributed by atoms with Gasteiger partial charge < -0.3 is 20.5 Å². The van der Waals surface area contributed by atoms with Gasteiger partial charge in [0.15, 0.2) is 5.71 Å². The fourth-order valence-corrected chi connectivity index (χ4v) is 4.81. The summed E-state index contributed by atoms with van der Waals surface area (Å²) in [5, 5.41) is 23.7. The number of aliphatic carboxylic acids is 1. The molecule has 2 fully saturated rings. The van der Waals surface area contributed by atoms with Crippen LogP contribution in [0.5, 0.6) is 0 Å². The quantitative estimate of drug-likeness (QED) is 0.310. The average Bonchev–Trinajstić information content (AvgIpc) is 2.82. The lowest BCUT2D eigenvalue weighted by molar-refractivity contribution is -0.160. The van der Waals surface area contributed by atoms with Crippen LogP contribution in [0.25, 0.3) is 0 Å². The number of benzene rings is 1. The first-order valence-electron chi connectivity index (χ1n) is 7.59.